The van der Waals surface area contributed by atoms with Gasteiger partial charge in [-0.1, -0.05) is 32.0 Å². The molecule has 2 atom stereocenters. The second-order valence-corrected chi connectivity index (χ2v) is 7.22. The third-order valence-corrected chi connectivity index (χ3v) is 4.66. The summed E-state index contributed by atoms with van der Waals surface area (Å²) in [7, 11) is 4.32. The molecule has 2 unspecified atom stereocenters. The number of hydrogen-bond acceptors (Lipinski definition) is 3. The molecule has 1 N–H and O–H groups in total. The van der Waals surface area contributed by atoms with Crippen molar-refractivity contribution in [2.75, 3.05) is 26.4 Å². The Hall–Kier alpha value is -0.510. The van der Waals surface area contributed by atoms with E-state index in [1.807, 2.05) is 11.8 Å². The lowest BCUT2D eigenvalue weighted by Gasteiger charge is -2.27. The van der Waals surface area contributed by atoms with Gasteiger partial charge in [-0.25, -0.2) is 0 Å². The average molecular weight is 278 g/mol. The van der Waals surface area contributed by atoms with E-state index in [4.69, 9.17) is 0 Å². The minimum atomic E-state index is 0.518. The van der Waals surface area contributed by atoms with E-state index in [2.05, 4.69) is 62.4 Å². The SMILES string of the molecule is CC(C)CC(CN(C)C)NC1CSc2ccccc21. The predicted molar refractivity (Wildman–Crippen MR) is 84.8 cm³/mol. The van der Waals surface area contributed by atoms with E-state index < -0.39 is 0 Å². The lowest BCUT2D eigenvalue weighted by Crippen LogP contribution is -2.41. The standard InChI is InChI=1S/C16H26N2S/c1-12(2)9-13(10-18(3)4)17-15-11-19-16-8-6-5-7-14(15)16/h5-8,12-13,15,17H,9-11H2,1-4H3. The van der Waals surface area contributed by atoms with Crippen LogP contribution in [0.25, 0.3) is 0 Å². The van der Waals surface area contributed by atoms with Crippen LogP contribution in [-0.2, 0) is 0 Å². The zero-order valence-electron chi connectivity index (χ0n) is 12.5. The normalized spacial score (nSPS) is 20.0. The molecule has 0 fully saturated rings. The van der Waals surface area contributed by atoms with Crippen molar-refractivity contribution < 1.29 is 0 Å². The van der Waals surface area contributed by atoms with Crippen LogP contribution in [0.15, 0.2) is 29.2 Å². The van der Waals surface area contributed by atoms with Crippen LogP contribution in [0.4, 0.5) is 0 Å². The van der Waals surface area contributed by atoms with E-state index in [1.54, 1.807) is 0 Å². The summed E-state index contributed by atoms with van der Waals surface area (Å²) in [4.78, 5) is 3.74. The van der Waals surface area contributed by atoms with E-state index in [-0.39, 0.29) is 0 Å². The van der Waals surface area contributed by atoms with Crippen LogP contribution in [0.3, 0.4) is 0 Å². The van der Waals surface area contributed by atoms with Crippen molar-refractivity contribution in [3.63, 3.8) is 0 Å². The van der Waals surface area contributed by atoms with Gasteiger partial charge in [0.1, 0.15) is 0 Å². The average Bonchev–Trinajstić information content (AvgIpc) is 2.71. The van der Waals surface area contributed by atoms with Crippen molar-refractivity contribution in [1.29, 1.82) is 0 Å². The van der Waals surface area contributed by atoms with E-state index in [0.29, 0.717) is 12.1 Å². The zero-order chi connectivity index (χ0) is 13.8. The number of rotatable bonds is 6. The van der Waals surface area contributed by atoms with Crippen LogP contribution < -0.4 is 5.32 Å². The Labute approximate surface area is 122 Å². The molecule has 0 saturated heterocycles. The Morgan fingerprint density at radius 1 is 1.32 bits per heavy atom. The van der Waals surface area contributed by atoms with Crippen molar-refractivity contribution in [3.05, 3.63) is 29.8 Å². The topological polar surface area (TPSA) is 15.3 Å². The number of likely N-dealkylation sites (N-methyl/N-ethyl adjacent to an activating group) is 1. The number of thioether (sulfide) groups is 1. The highest BCUT2D eigenvalue weighted by molar-refractivity contribution is 7.99. The van der Waals surface area contributed by atoms with Crippen LogP contribution >= 0.6 is 11.8 Å². The molecule has 0 radical (unpaired) electrons. The summed E-state index contributed by atoms with van der Waals surface area (Å²) >= 11 is 1.98. The van der Waals surface area contributed by atoms with Crippen molar-refractivity contribution >= 4 is 11.8 Å². The Bertz CT molecular complexity index is 393. The fourth-order valence-electron chi connectivity index (χ4n) is 2.79. The van der Waals surface area contributed by atoms with Crippen molar-refractivity contribution in [2.45, 2.75) is 37.2 Å². The molecule has 1 aromatic carbocycles. The molecule has 0 amide bonds. The molecule has 0 bridgehead atoms. The second kappa shape index (κ2) is 6.78. The van der Waals surface area contributed by atoms with E-state index in [0.717, 1.165) is 12.5 Å². The number of nitrogens with one attached hydrogen (secondary N) is 1. The van der Waals surface area contributed by atoms with Gasteiger partial charge in [-0.15, -0.1) is 11.8 Å². The van der Waals surface area contributed by atoms with Gasteiger partial charge in [-0.2, -0.15) is 0 Å². The van der Waals surface area contributed by atoms with Gasteiger partial charge in [0.25, 0.3) is 0 Å². The largest absolute Gasteiger partial charge is 0.308 e. The van der Waals surface area contributed by atoms with E-state index in [9.17, 15) is 0 Å². The molecule has 2 nitrogen and oxygen atoms in total. The minimum Gasteiger partial charge on any atom is -0.308 e. The van der Waals surface area contributed by atoms with Crippen LogP contribution in [0.1, 0.15) is 31.9 Å². The molecule has 0 spiro atoms. The number of nitrogens with zero attached hydrogens (tertiary/aromatic N) is 1. The van der Waals surface area contributed by atoms with Gasteiger partial charge in [0, 0.05) is 29.3 Å². The van der Waals surface area contributed by atoms with Crippen LogP contribution in [-0.4, -0.2) is 37.3 Å². The summed E-state index contributed by atoms with van der Waals surface area (Å²) in [5.74, 6) is 1.91. The summed E-state index contributed by atoms with van der Waals surface area (Å²) < 4.78 is 0. The molecule has 106 valence electrons. The molecule has 0 aromatic heterocycles. The molecule has 2 rings (SSSR count). The Kier molecular flexibility index (Phi) is 5.31. The zero-order valence-corrected chi connectivity index (χ0v) is 13.3. The fraction of sp³-hybridized carbons (Fsp3) is 0.625. The van der Waals surface area contributed by atoms with Crippen molar-refractivity contribution in [1.82, 2.24) is 10.2 Å². The van der Waals surface area contributed by atoms with Crippen molar-refractivity contribution in [2.24, 2.45) is 5.92 Å². The lowest BCUT2D eigenvalue weighted by molar-refractivity contribution is 0.292. The van der Waals surface area contributed by atoms with Gasteiger partial charge in [0.05, 0.1) is 0 Å². The summed E-state index contributed by atoms with van der Waals surface area (Å²) in [5, 5.41) is 3.87. The Morgan fingerprint density at radius 3 is 2.74 bits per heavy atom. The summed E-state index contributed by atoms with van der Waals surface area (Å²) in [6, 6.07) is 9.90. The Morgan fingerprint density at radius 2 is 2.05 bits per heavy atom. The Balaban J connectivity index is 2.01. The molecule has 1 aliphatic heterocycles. The van der Waals surface area contributed by atoms with E-state index in [1.165, 1.54) is 22.6 Å². The van der Waals surface area contributed by atoms with Crippen LogP contribution in [0.2, 0.25) is 0 Å². The molecule has 0 saturated carbocycles. The molecule has 1 heterocycles. The molecule has 1 aliphatic rings. The fourth-order valence-corrected chi connectivity index (χ4v) is 3.96. The smallest absolute Gasteiger partial charge is 0.0429 e. The first kappa shape index (κ1) is 14.9. The third-order valence-electron chi connectivity index (χ3n) is 3.48. The van der Waals surface area contributed by atoms with Gasteiger partial charge < -0.3 is 10.2 Å². The lowest BCUT2D eigenvalue weighted by atomic mass is 10.0. The van der Waals surface area contributed by atoms with Gasteiger partial charge in [-0.05, 0) is 38.1 Å². The van der Waals surface area contributed by atoms with Gasteiger partial charge >= 0.3 is 0 Å². The maximum atomic E-state index is 3.87. The first-order valence-corrected chi connectivity index (χ1v) is 8.17. The van der Waals surface area contributed by atoms with Crippen LogP contribution in [0.5, 0.6) is 0 Å². The maximum absolute atomic E-state index is 3.87. The summed E-state index contributed by atoms with van der Waals surface area (Å²) in [5.41, 5.74) is 1.49. The van der Waals surface area contributed by atoms with Gasteiger partial charge in [-0.3, -0.25) is 0 Å². The molecule has 0 aliphatic carbocycles. The minimum absolute atomic E-state index is 0.518. The highest BCUT2D eigenvalue weighted by Crippen LogP contribution is 2.38. The number of benzene rings is 1. The first-order valence-electron chi connectivity index (χ1n) is 7.18. The predicted octanol–water partition coefficient (Wildman–Crippen LogP) is 3.40. The molecule has 19 heavy (non-hydrogen) atoms. The number of hydrogen-bond donors (Lipinski definition) is 1. The number of fused-ring (bicyclic) bond motifs is 1. The van der Waals surface area contributed by atoms with Gasteiger partial charge in [0.15, 0.2) is 0 Å². The summed E-state index contributed by atoms with van der Waals surface area (Å²) in [6.45, 7) is 5.73. The highest BCUT2D eigenvalue weighted by atomic mass is 32.2. The molecular formula is C16H26N2S. The molecule has 1 aromatic rings. The molecular weight excluding hydrogens is 252 g/mol. The summed E-state index contributed by atoms with van der Waals surface area (Å²) in [6.07, 6.45) is 1.24. The van der Waals surface area contributed by atoms with Gasteiger partial charge in [0.2, 0.25) is 0 Å². The second-order valence-electron chi connectivity index (χ2n) is 6.16. The monoisotopic (exact) mass is 278 g/mol. The highest BCUT2D eigenvalue weighted by Gasteiger charge is 2.25. The van der Waals surface area contributed by atoms with E-state index >= 15 is 0 Å². The molecule has 3 heteroatoms. The maximum Gasteiger partial charge on any atom is 0.0429 e. The van der Waals surface area contributed by atoms with Crippen molar-refractivity contribution in [3.8, 4) is 0 Å². The first-order chi connectivity index (χ1) is 9.06. The third kappa shape index (κ3) is 4.23. The quantitative estimate of drug-likeness (QED) is 0.858. The van der Waals surface area contributed by atoms with Crippen LogP contribution in [0, 0.1) is 5.92 Å².